The monoisotopic (exact) mass is 283 g/mol. The van der Waals surface area contributed by atoms with Crippen LogP contribution in [-0.4, -0.2) is 30.2 Å². The van der Waals surface area contributed by atoms with Crippen LogP contribution in [0.2, 0.25) is 0 Å². The quantitative estimate of drug-likeness (QED) is 0.936. The van der Waals surface area contributed by atoms with E-state index in [9.17, 15) is 5.11 Å². The van der Waals surface area contributed by atoms with Gasteiger partial charge in [0.25, 0.3) is 0 Å². The number of β-amino-alcohol motifs (C(OH)–C–C–N with tert-alkyl or cyclic N) is 1. The van der Waals surface area contributed by atoms with Gasteiger partial charge < -0.3 is 9.84 Å². The number of ether oxygens (including phenoxy) is 1. The lowest BCUT2D eigenvalue weighted by Crippen LogP contribution is -2.33. The highest BCUT2D eigenvalue weighted by Crippen LogP contribution is 2.23. The van der Waals surface area contributed by atoms with Gasteiger partial charge in [0.05, 0.1) is 13.2 Å². The molecule has 0 bridgehead atoms. The molecule has 0 saturated heterocycles. The first-order chi connectivity index (χ1) is 10.3. The van der Waals surface area contributed by atoms with Crippen molar-refractivity contribution >= 4 is 0 Å². The molecular weight excluding hydrogens is 262 g/mol. The molecule has 0 amide bonds. The number of aliphatic hydroxyl groups excluding tert-OH is 1. The third kappa shape index (κ3) is 3.26. The van der Waals surface area contributed by atoms with Gasteiger partial charge in [-0.3, -0.25) is 4.90 Å². The standard InChI is InChI=1S/C18H21NO2/c1-21-17-8-4-7-15(11-17)18(20)13-19-10-9-14-5-2-3-6-16(14)12-19/h2-8,11,18,20H,9-10,12-13H2,1H3. The number of rotatable bonds is 4. The minimum atomic E-state index is -0.481. The van der Waals surface area contributed by atoms with Crippen LogP contribution in [0, 0.1) is 0 Å². The van der Waals surface area contributed by atoms with Gasteiger partial charge >= 0.3 is 0 Å². The van der Waals surface area contributed by atoms with E-state index in [-0.39, 0.29) is 0 Å². The molecule has 3 heteroatoms. The Morgan fingerprint density at radius 3 is 2.76 bits per heavy atom. The Bertz CT molecular complexity index is 612. The predicted molar refractivity (Wildman–Crippen MR) is 83.4 cm³/mol. The number of nitrogens with zero attached hydrogens (tertiary/aromatic N) is 1. The van der Waals surface area contributed by atoms with E-state index in [4.69, 9.17) is 4.74 Å². The van der Waals surface area contributed by atoms with Crippen molar-refractivity contribution in [1.82, 2.24) is 4.90 Å². The normalized spacial score (nSPS) is 16.3. The first-order valence-electron chi connectivity index (χ1n) is 7.37. The first-order valence-corrected chi connectivity index (χ1v) is 7.37. The lowest BCUT2D eigenvalue weighted by Gasteiger charge is -2.30. The summed E-state index contributed by atoms with van der Waals surface area (Å²) >= 11 is 0. The molecule has 0 spiro atoms. The third-order valence-electron chi connectivity index (χ3n) is 4.12. The maximum absolute atomic E-state index is 10.4. The van der Waals surface area contributed by atoms with Gasteiger partial charge in [0.15, 0.2) is 0 Å². The van der Waals surface area contributed by atoms with Crippen LogP contribution in [-0.2, 0) is 13.0 Å². The lowest BCUT2D eigenvalue weighted by atomic mass is 9.99. The van der Waals surface area contributed by atoms with E-state index in [2.05, 4.69) is 29.2 Å². The maximum Gasteiger partial charge on any atom is 0.119 e. The second kappa shape index (κ2) is 6.29. The summed E-state index contributed by atoms with van der Waals surface area (Å²) in [6.45, 7) is 2.57. The summed E-state index contributed by atoms with van der Waals surface area (Å²) in [4.78, 5) is 2.31. The summed E-state index contributed by atoms with van der Waals surface area (Å²) in [7, 11) is 1.65. The van der Waals surface area contributed by atoms with Gasteiger partial charge in [-0.25, -0.2) is 0 Å². The highest BCUT2D eigenvalue weighted by Gasteiger charge is 2.19. The molecule has 3 rings (SSSR count). The number of aliphatic hydroxyl groups is 1. The Hall–Kier alpha value is -1.84. The van der Waals surface area contributed by atoms with Crippen LogP contribution in [0.5, 0.6) is 5.75 Å². The zero-order valence-electron chi connectivity index (χ0n) is 12.3. The van der Waals surface area contributed by atoms with Crippen LogP contribution in [0.25, 0.3) is 0 Å². The lowest BCUT2D eigenvalue weighted by molar-refractivity contribution is 0.106. The Morgan fingerprint density at radius 2 is 1.95 bits per heavy atom. The van der Waals surface area contributed by atoms with Crippen molar-refractivity contribution in [2.24, 2.45) is 0 Å². The van der Waals surface area contributed by atoms with Gasteiger partial charge in [-0.05, 0) is 35.2 Å². The van der Waals surface area contributed by atoms with E-state index in [1.165, 1.54) is 11.1 Å². The Kier molecular flexibility index (Phi) is 4.23. The molecular formula is C18H21NO2. The number of fused-ring (bicyclic) bond motifs is 1. The molecule has 110 valence electrons. The molecule has 0 aromatic heterocycles. The van der Waals surface area contributed by atoms with Crippen molar-refractivity contribution in [1.29, 1.82) is 0 Å². The summed E-state index contributed by atoms with van der Waals surface area (Å²) in [5, 5.41) is 10.4. The average molecular weight is 283 g/mol. The molecule has 3 nitrogen and oxygen atoms in total. The van der Waals surface area contributed by atoms with Gasteiger partial charge in [-0.2, -0.15) is 0 Å². The average Bonchev–Trinajstić information content (AvgIpc) is 2.54. The van der Waals surface area contributed by atoms with E-state index in [1.54, 1.807) is 7.11 Å². The van der Waals surface area contributed by atoms with Crippen molar-refractivity contribution in [3.8, 4) is 5.75 Å². The van der Waals surface area contributed by atoms with Gasteiger partial charge in [0.2, 0.25) is 0 Å². The molecule has 1 aliphatic heterocycles. The fourth-order valence-electron chi connectivity index (χ4n) is 2.91. The maximum atomic E-state index is 10.4. The fraction of sp³-hybridized carbons (Fsp3) is 0.333. The van der Waals surface area contributed by atoms with Crippen molar-refractivity contribution in [3.63, 3.8) is 0 Å². The number of hydrogen-bond donors (Lipinski definition) is 1. The van der Waals surface area contributed by atoms with Crippen molar-refractivity contribution in [3.05, 3.63) is 65.2 Å². The van der Waals surface area contributed by atoms with E-state index in [1.807, 2.05) is 24.3 Å². The molecule has 1 unspecified atom stereocenters. The Labute approximate surface area is 125 Å². The van der Waals surface area contributed by atoms with Gasteiger partial charge in [-0.1, -0.05) is 36.4 Å². The van der Waals surface area contributed by atoms with Gasteiger partial charge in [0.1, 0.15) is 5.75 Å². The Morgan fingerprint density at radius 1 is 1.14 bits per heavy atom. The Balaban J connectivity index is 1.67. The molecule has 1 N–H and O–H groups in total. The molecule has 1 aliphatic rings. The zero-order valence-corrected chi connectivity index (χ0v) is 12.3. The topological polar surface area (TPSA) is 32.7 Å². The molecule has 0 radical (unpaired) electrons. The van der Waals surface area contributed by atoms with Crippen molar-refractivity contribution in [2.45, 2.75) is 19.1 Å². The molecule has 2 aromatic carbocycles. The minimum Gasteiger partial charge on any atom is -0.497 e. The summed E-state index contributed by atoms with van der Waals surface area (Å²) < 4.78 is 5.22. The zero-order chi connectivity index (χ0) is 14.7. The molecule has 0 saturated carbocycles. The molecule has 0 aliphatic carbocycles. The molecule has 0 fully saturated rings. The van der Waals surface area contributed by atoms with E-state index in [0.717, 1.165) is 30.8 Å². The van der Waals surface area contributed by atoms with Crippen molar-refractivity contribution < 1.29 is 9.84 Å². The predicted octanol–water partition coefficient (Wildman–Crippen LogP) is 2.79. The molecule has 1 heterocycles. The highest BCUT2D eigenvalue weighted by atomic mass is 16.5. The van der Waals surface area contributed by atoms with Crippen LogP contribution in [0.4, 0.5) is 0 Å². The summed E-state index contributed by atoms with van der Waals surface area (Å²) in [6, 6.07) is 16.2. The summed E-state index contributed by atoms with van der Waals surface area (Å²) in [6.07, 6.45) is 0.575. The number of benzene rings is 2. The fourth-order valence-corrected chi connectivity index (χ4v) is 2.91. The molecule has 2 aromatic rings. The van der Waals surface area contributed by atoms with Crippen LogP contribution < -0.4 is 4.74 Å². The van der Waals surface area contributed by atoms with Crippen LogP contribution in [0.1, 0.15) is 22.8 Å². The van der Waals surface area contributed by atoms with Crippen molar-refractivity contribution in [2.75, 3.05) is 20.2 Å². The minimum absolute atomic E-state index is 0.481. The number of hydrogen-bond acceptors (Lipinski definition) is 3. The molecule has 1 atom stereocenters. The number of methoxy groups -OCH3 is 1. The van der Waals surface area contributed by atoms with Crippen LogP contribution in [0.15, 0.2) is 48.5 Å². The first kappa shape index (κ1) is 14.1. The smallest absolute Gasteiger partial charge is 0.119 e. The summed E-state index contributed by atoms with van der Waals surface area (Å²) in [5.74, 6) is 0.788. The van der Waals surface area contributed by atoms with Crippen LogP contribution in [0.3, 0.4) is 0 Å². The van der Waals surface area contributed by atoms with Gasteiger partial charge in [-0.15, -0.1) is 0 Å². The van der Waals surface area contributed by atoms with Gasteiger partial charge in [0, 0.05) is 19.6 Å². The second-order valence-corrected chi connectivity index (χ2v) is 5.55. The summed E-state index contributed by atoms with van der Waals surface area (Å²) in [5.41, 5.74) is 3.72. The third-order valence-corrected chi connectivity index (χ3v) is 4.12. The van der Waals surface area contributed by atoms with E-state index in [0.29, 0.717) is 6.54 Å². The van der Waals surface area contributed by atoms with Crippen LogP contribution >= 0.6 is 0 Å². The van der Waals surface area contributed by atoms with E-state index >= 15 is 0 Å². The largest absolute Gasteiger partial charge is 0.497 e. The highest BCUT2D eigenvalue weighted by molar-refractivity contribution is 5.31. The molecule has 21 heavy (non-hydrogen) atoms. The second-order valence-electron chi connectivity index (χ2n) is 5.55. The van der Waals surface area contributed by atoms with E-state index < -0.39 is 6.10 Å². The SMILES string of the molecule is COc1cccc(C(O)CN2CCc3ccccc3C2)c1.